The molecular formula is C15H20N2O2S. The average molecular weight is 292 g/mol. The van der Waals surface area contributed by atoms with Crippen molar-refractivity contribution in [3.05, 3.63) is 23.8 Å². The molecule has 108 valence electrons. The Morgan fingerprint density at radius 1 is 1.50 bits per heavy atom. The van der Waals surface area contributed by atoms with Crippen LogP contribution in [0.25, 0.3) is 0 Å². The lowest BCUT2D eigenvalue weighted by Gasteiger charge is -2.24. The Bertz CT molecular complexity index is 525. The summed E-state index contributed by atoms with van der Waals surface area (Å²) in [6, 6.07) is 7.81. The molecule has 0 aromatic heterocycles. The van der Waals surface area contributed by atoms with E-state index < -0.39 is 11.4 Å². The second-order valence-corrected chi connectivity index (χ2v) is 6.10. The number of nitriles is 1. The highest BCUT2D eigenvalue weighted by atomic mass is 32.2. The topological polar surface area (TPSA) is 73.1 Å². The van der Waals surface area contributed by atoms with E-state index in [1.54, 1.807) is 18.7 Å². The number of thioether (sulfide) groups is 1. The molecule has 1 atom stereocenters. The summed E-state index contributed by atoms with van der Waals surface area (Å²) in [5, 5.41) is 21.7. The van der Waals surface area contributed by atoms with Crippen LogP contribution in [0.3, 0.4) is 0 Å². The average Bonchev–Trinajstić information content (AvgIpc) is 2.45. The molecule has 5 heteroatoms. The zero-order chi connectivity index (χ0) is 15.2. The molecule has 0 aliphatic carbocycles. The van der Waals surface area contributed by atoms with Crippen LogP contribution in [0.2, 0.25) is 0 Å². The van der Waals surface area contributed by atoms with Crippen molar-refractivity contribution in [1.82, 2.24) is 0 Å². The number of aliphatic carboxylic acids is 1. The Balaban J connectivity index is 2.96. The van der Waals surface area contributed by atoms with Crippen LogP contribution in [0.5, 0.6) is 0 Å². The molecule has 1 rings (SSSR count). The molecule has 0 spiro atoms. The molecule has 0 aliphatic rings. The first-order valence-corrected chi connectivity index (χ1v) is 7.60. The molecule has 0 fully saturated rings. The fraction of sp³-hybridized carbons (Fsp3) is 0.467. The lowest BCUT2D eigenvalue weighted by Crippen LogP contribution is -2.34. The maximum absolute atomic E-state index is 11.3. The van der Waals surface area contributed by atoms with Gasteiger partial charge in [-0.15, -0.1) is 11.8 Å². The summed E-state index contributed by atoms with van der Waals surface area (Å²) in [7, 11) is 0. The summed E-state index contributed by atoms with van der Waals surface area (Å²) in [4.78, 5) is 12.2. The molecule has 4 nitrogen and oxygen atoms in total. The number of carboxylic acids is 1. The summed E-state index contributed by atoms with van der Waals surface area (Å²) >= 11 is 1.61. The second kappa shape index (κ2) is 7.20. The van der Waals surface area contributed by atoms with E-state index in [4.69, 9.17) is 0 Å². The predicted octanol–water partition coefficient (Wildman–Crippen LogP) is 3.58. The number of rotatable bonds is 7. The summed E-state index contributed by atoms with van der Waals surface area (Å²) in [5.74, 6) is 0.0602. The molecule has 20 heavy (non-hydrogen) atoms. The minimum absolute atomic E-state index is 0.299. The molecule has 1 unspecified atom stereocenters. The quantitative estimate of drug-likeness (QED) is 0.751. The SMILES string of the molecule is CCSc1cccc(NCC(C)(CC)C(=O)O)c1C#N. The molecule has 0 saturated heterocycles. The van der Waals surface area contributed by atoms with Crippen molar-refractivity contribution < 1.29 is 9.90 Å². The third-order valence-electron chi connectivity index (χ3n) is 3.40. The van der Waals surface area contributed by atoms with Crippen molar-refractivity contribution in [3.63, 3.8) is 0 Å². The number of benzene rings is 1. The zero-order valence-corrected chi connectivity index (χ0v) is 12.9. The fourth-order valence-corrected chi connectivity index (χ4v) is 2.50. The lowest BCUT2D eigenvalue weighted by atomic mass is 9.87. The van der Waals surface area contributed by atoms with E-state index in [0.717, 1.165) is 10.6 Å². The first-order chi connectivity index (χ1) is 9.48. The highest BCUT2D eigenvalue weighted by molar-refractivity contribution is 7.99. The van der Waals surface area contributed by atoms with Crippen LogP contribution in [-0.4, -0.2) is 23.4 Å². The first kappa shape index (κ1) is 16.4. The minimum atomic E-state index is -0.833. The van der Waals surface area contributed by atoms with E-state index in [1.807, 2.05) is 32.0 Å². The maximum Gasteiger partial charge on any atom is 0.311 e. The Hall–Kier alpha value is -1.67. The smallest absolute Gasteiger partial charge is 0.311 e. The summed E-state index contributed by atoms with van der Waals surface area (Å²) in [6.45, 7) is 5.89. The van der Waals surface area contributed by atoms with Gasteiger partial charge < -0.3 is 10.4 Å². The Morgan fingerprint density at radius 3 is 2.70 bits per heavy atom. The van der Waals surface area contributed by atoms with Gasteiger partial charge in [-0.05, 0) is 31.2 Å². The predicted molar refractivity (Wildman–Crippen MR) is 82.1 cm³/mol. The third kappa shape index (κ3) is 3.67. The molecule has 0 radical (unpaired) electrons. The van der Waals surface area contributed by atoms with Crippen molar-refractivity contribution >= 4 is 23.4 Å². The van der Waals surface area contributed by atoms with Crippen LogP contribution in [0, 0.1) is 16.7 Å². The maximum atomic E-state index is 11.3. The van der Waals surface area contributed by atoms with E-state index in [1.165, 1.54) is 0 Å². The van der Waals surface area contributed by atoms with E-state index in [2.05, 4.69) is 11.4 Å². The third-order valence-corrected chi connectivity index (χ3v) is 4.34. The van der Waals surface area contributed by atoms with Crippen LogP contribution in [0.1, 0.15) is 32.8 Å². The van der Waals surface area contributed by atoms with Crippen LogP contribution >= 0.6 is 11.8 Å². The summed E-state index contributed by atoms with van der Waals surface area (Å²) in [6.07, 6.45) is 0.528. The minimum Gasteiger partial charge on any atom is -0.481 e. The van der Waals surface area contributed by atoms with Gasteiger partial charge in [-0.2, -0.15) is 5.26 Å². The van der Waals surface area contributed by atoms with Gasteiger partial charge in [-0.25, -0.2) is 0 Å². The van der Waals surface area contributed by atoms with E-state index >= 15 is 0 Å². The van der Waals surface area contributed by atoms with Crippen molar-refractivity contribution in [2.75, 3.05) is 17.6 Å². The number of nitrogens with zero attached hydrogens (tertiary/aromatic N) is 1. The van der Waals surface area contributed by atoms with Gasteiger partial charge in [0.25, 0.3) is 0 Å². The molecule has 2 N–H and O–H groups in total. The highest BCUT2D eigenvalue weighted by Gasteiger charge is 2.31. The number of carbonyl (C=O) groups is 1. The number of anilines is 1. The molecule has 1 aromatic carbocycles. The van der Waals surface area contributed by atoms with Crippen molar-refractivity contribution in [3.8, 4) is 6.07 Å². The number of hydrogen-bond donors (Lipinski definition) is 2. The van der Waals surface area contributed by atoms with Crippen LogP contribution in [0.4, 0.5) is 5.69 Å². The van der Waals surface area contributed by atoms with Crippen LogP contribution in [-0.2, 0) is 4.79 Å². The molecule has 0 heterocycles. The van der Waals surface area contributed by atoms with Crippen LogP contribution in [0.15, 0.2) is 23.1 Å². The van der Waals surface area contributed by atoms with Gasteiger partial charge >= 0.3 is 5.97 Å². The van der Waals surface area contributed by atoms with Gasteiger partial charge in [0.1, 0.15) is 6.07 Å². The second-order valence-electron chi connectivity index (χ2n) is 4.80. The fourth-order valence-electron chi connectivity index (χ4n) is 1.71. The van der Waals surface area contributed by atoms with E-state index in [-0.39, 0.29) is 0 Å². The van der Waals surface area contributed by atoms with Gasteiger partial charge in [0.2, 0.25) is 0 Å². The van der Waals surface area contributed by atoms with E-state index in [0.29, 0.717) is 24.2 Å². The van der Waals surface area contributed by atoms with Gasteiger partial charge in [0.15, 0.2) is 0 Å². The molecule has 0 saturated carbocycles. The van der Waals surface area contributed by atoms with Gasteiger partial charge in [-0.1, -0.05) is 19.9 Å². The van der Waals surface area contributed by atoms with Gasteiger partial charge in [-0.3, -0.25) is 4.79 Å². The summed E-state index contributed by atoms with van der Waals surface area (Å²) in [5.41, 5.74) is 0.454. The normalized spacial score (nSPS) is 13.3. The highest BCUT2D eigenvalue weighted by Crippen LogP contribution is 2.29. The number of hydrogen-bond acceptors (Lipinski definition) is 4. The standard InChI is InChI=1S/C15H20N2O2S/c1-4-15(3,14(18)19)10-17-12-7-6-8-13(20-5-2)11(12)9-16/h6-8,17H,4-5,10H2,1-3H3,(H,18,19). The van der Waals surface area contributed by atoms with Crippen molar-refractivity contribution in [2.24, 2.45) is 5.41 Å². The molecule has 0 bridgehead atoms. The molecule has 0 aliphatic heterocycles. The molecule has 0 amide bonds. The molecule has 1 aromatic rings. The molecular weight excluding hydrogens is 272 g/mol. The van der Waals surface area contributed by atoms with Crippen molar-refractivity contribution in [1.29, 1.82) is 5.26 Å². The number of carboxylic acid groups (broad SMARTS) is 1. The van der Waals surface area contributed by atoms with Crippen molar-refractivity contribution in [2.45, 2.75) is 32.1 Å². The zero-order valence-electron chi connectivity index (χ0n) is 12.1. The lowest BCUT2D eigenvalue weighted by molar-refractivity contribution is -0.147. The number of nitrogens with one attached hydrogen (secondary N) is 1. The van der Waals surface area contributed by atoms with Gasteiger partial charge in [0.05, 0.1) is 16.7 Å². The Kier molecular flexibility index (Phi) is 5.90. The largest absolute Gasteiger partial charge is 0.481 e. The van der Waals surface area contributed by atoms with Gasteiger partial charge in [0, 0.05) is 11.4 Å². The summed E-state index contributed by atoms with van der Waals surface area (Å²) < 4.78 is 0. The Labute approximate surface area is 124 Å². The van der Waals surface area contributed by atoms with E-state index in [9.17, 15) is 15.2 Å². The Morgan fingerprint density at radius 2 is 2.20 bits per heavy atom. The monoisotopic (exact) mass is 292 g/mol. The first-order valence-electron chi connectivity index (χ1n) is 6.61. The van der Waals surface area contributed by atoms with Crippen LogP contribution < -0.4 is 5.32 Å².